The predicted molar refractivity (Wildman–Crippen MR) is 49.2 cm³/mol. The molecule has 0 aliphatic carbocycles. The van der Waals surface area contributed by atoms with E-state index in [1.807, 2.05) is 18.7 Å². The van der Waals surface area contributed by atoms with Crippen molar-refractivity contribution in [3.05, 3.63) is 12.2 Å². The van der Waals surface area contributed by atoms with Crippen LogP contribution >= 0.6 is 0 Å². The van der Waals surface area contributed by atoms with Crippen LogP contribution in [0, 0.1) is 0 Å². The van der Waals surface area contributed by atoms with Crippen LogP contribution in [0.25, 0.3) is 0 Å². The van der Waals surface area contributed by atoms with Crippen molar-refractivity contribution in [2.75, 3.05) is 20.6 Å². The van der Waals surface area contributed by atoms with Gasteiger partial charge in [-0.05, 0) is 21.0 Å². The average molecular weight is 184 g/mol. The normalized spacial score (nSPS) is 13.6. The van der Waals surface area contributed by atoms with Crippen molar-refractivity contribution in [3.63, 3.8) is 0 Å². The molecular formula is C8H16N4O. The molecule has 1 atom stereocenters. The highest BCUT2D eigenvalue weighted by atomic mass is 16.3. The largest absolute Gasteiger partial charge is 0.388 e. The van der Waals surface area contributed by atoms with Crippen molar-refractivity contribution >= 4 is 0 Å². The molecular weight excluding hydrogens is 168 g/mol. The maximum atomic E-state index is 8.95. The molecule has 0 spiro atoms. The van der Waals surface area contributed by atoms with Crippen molar-refractivity contribution in [3.8, 4) is 0 Å². The van der Waals surface area contributed by atoms with Crippen molar-refractivity contribution < 1.29 is 5.11 Å². The summed E-state index contributed by atoms with van der Waals surface area (Å²) in [7, 11) is 4.03. The molecule has 0 saturated carbocycles. The molecule has 0 amide bonds. The third kappa shape index (κ3) is 2.50. The molecule has 1 heterocycles. The summed E-state index contributed by atoms with van der Waals surface area (Å²) in [5, 5.41) is 16.5. The Morgan fingerprint density at radius 2 is 2.31 bits per heavy atom. The van der Waals surface area contributed by atoms with Crippen LogP contribution in [0.3, 0.4) is 0 Å². The van der Waals surface area contributed by atoms with Crippen molar-refractivity contribution in [2.45, 2.75) is 19.6 Å². The maximum absolute atomic E-state index is 8.95. The summed E-state index contributed by atoms with van der Waals surface area (Å²) < 4.78 is 1.89. The number of likely N-dealkylation sites (N-methyl/N-ethyl adjacent to an activating group) is 1. The molecule has 0 aliphatic rings. The highest BCUT2D eigenvalue weighted by Crippen LogP contribution is 2.08. The van der Waals surface area contributed by atoms with Gasteiger partial charge in [-0.25, -0.2) is 0 Å². The van der Waals surface area contributed by atoms with Gasteiger partial charge in [0.2, 0.25) is 0 Å². The molecule has 0 aromatic carbocycles. The Kier molecular flexibility index (Phi) is 3.39. The molecule has 0 fully saturated rings. The number of aliphatic hydroxyl groups excluding tert-OH is 1. The fourth-order valence-electron chi connectivity index (χ4n) is 1.36. The molecule has 1 unspecified atom stereocenters. The highest BCUT2D eigenvalue weighted by Gasteiger charge is 2.10. The second-order valence-electron chi connectivity index (χ2n) is 3.42. The van der Waals surface area contributed by atoms with Gasteiger partial charge in [0.05, 0.1) is 0 Å². The van der Waals surface area contributed by atoms with Crippen LogP contribution in [-0.4, -0.2) is 45.4 Å². The van der Waals surface area contributed by atoms with Gasteiger partial charge in [-0.3, -0.25) is 0 Å². The quantitative estimate of drug-likeness (QED) is 0.709. The van der Waals surface area contributed by atoms with Crippen LogP contribution in [0.1, 0.15) is 18.8 Å². The van der Waals surface area contributed by atoms with Crippen LogP contribution in [0.15, 0.2) is 6.33 Å². The molecule has 1 rings (SSSR count). The van der Waals surface area contributed by atoms with Gasteiger partial charge in [-0.15, -0.1) is 10.2 Å². The highest BCUT2D eigenvalue weighted by molar-refractivity contribution is 4.86. The van der Waals surface area contributed by atoms with E-state index in [4.69, 9.17) is 5.11 Å². The number of aromatic nitrogens is 3. The fraction of sp³-hybridized carbons (Fsp3) is 0.750. The molecule has 5 heteroatoms. The Labute approximate surface area is 78.0 Å². The Morgan fingerprint density at radius 3 is 2.85 bits per heavy atom. The Morgan fingerprint density at radius 1 is 1.62 bits per heavy atom. The first kappa shape index (κ1) is 10.1. The lowest BCUT2D eigenvalue weighted by Gasteiger charge is -2.18. The summed E-state index contributed by atoms with van der Waals surface area (Å²) in [6, 6.07) is 0.284. The Balaban J connectivity index is 2.69. The van der Waals surface area contributed by atoms with E-state index >= 15 is 0 Å². The molecule has 13 heavy (non-hydrogen) atoms. The van der Waals surface area contributed by atoms with Gasteiger partial charge in [0.15, 0.2) is 5.82 Å². The first-order valence-corrected chi connectivity index (χ1v) is 4.29. The smallest absolute Gasteiger partial charge is 0.158 e. The van der Waals surface area contributed by atoms with Gasteiger partial charge in [0.1, 0.15) is 12.9 Å². The number of hydrogen-bond acceptors (Lipinski definition) is 4. The topological polar surface area (TPSA) is 54.2 Å². The first-order valence-electron chi connectivity index (χ1n) is 4.29. The second-order valence-corrected chi connectivity index (χ2v) is 3.42. The van der Waals surface area contributed by atoms with Gasteiger partial charge in [-0.2, -0.15) is 0 Å². The first-order chi connectivity index (χ1) is 6.15. The molecule has 0 bridgehead atoms. The standard InChI is InChI=1S/C8H16N4O/c1-7(4-11(2)3)12-6-9-10-8(12)5-13/h6-7,13H,4-5H2,1-3H3. The van der Waals surface area contributed by atoms with E-state index in [-0.39, 0.29) is 12.6 Å². The van der Waals surface area contributed by atoms with E-state index in [2.05, 4.69) is 22.0 Å². The van der Waals surface area contributed by atoms with E-state index < -0.39 is 0 Å². The van der Waals surface area contributed by atoms with Gasteiger partial charge in [-0.1, -0.05) is 0 Å². The Bertz CT molecular complexity index is 258. The summed E-state index contributed by atoms with van der Waals surface area (Å²) in [6.45, 7) is 2.92. The van der Waals surface area contributed by atoms with Crippen molar-refractivity contribution in [2.24, 2.45) is 0 Å². The summed E-state index contributed by atoms with van der Waals surface area (Å²) >= 11 is 0. The number of nitrogens with zero attached hydrogens (tertiary/aromatic N) is 4. The van der Waals surface area contributed by atoms with Crippen LogP contribution in [0.2, 0.25) is 0 Å². The molecule has 0 radical (unpaired) electrons. The van der Waals surface area contributed by atoms with E-state index in [9.17, 15) is 0 Å². The maximum Gasteiger partial charge on any atom is 0.158 e. The minimum absolute atomic E-state index is 0.0578. The monoisotopic (exact) mass is 184 g/mol. The fourth-order valence-corrected chi connectivity index (χ4v) is 1.36. The third-order valence-corrected chi connectivity index (χ3v) is 1.89. The number of rotatable bonds is 4. The minimum atomic E-state index is -0.0578. The molecule has 5 nitrogen and oxygen atoms in total. The summed E-state index contributed by atoms with van der Waals surface area (Å²) in [6.07, 6.45) is 1.65. The van der Waals surface area contributed by atoms with E-state index in [0.29, 0.717) is 5.82 Å². The minimum Gasteiger partial charge on any atom is -0.388 e. The lowest BCUT2D eigenvalue weighted by atomic mass is 10.3. The summed E-state index contributed by atoms with van der Waals surface area (Å²) in [4.78, 5) is 2.09. The van der Waals surface area contributed by atoms with E-state index in [1.165, 1.54) is 0 Å². The van der Waals surface area contributed by atoms with Crippen molar-refractivity contribution in [1.82, 2.24) is 19.7 Å². The lowest BCUT2D eigenvalue weighted by Crippen LogP contribution is -2.23. The third-order valence-electron chi connectivity index (χ3n) is 1.89. The Hall–Kier alpha value is -0.940. The molecule has 0 saturated heterocycles. The van der Waals surface area contributed by atoms with Crippen LogP contribution in [0.5, 0.6) is 0 Å². The van der Waals surface area contributed by atoms with Gasteiger partial charge in [0.25, 0.3) is 0 Å². The van der Waals surface area contributed by atoms with Crippen LogP contribution in [-0.2, 0) is 6.61 Å². The average Bonchev–Trinajstić information content (AvgIpc) is 2.49. The molecule has 1 aromatic rings. The van der Waals surface area contributed by atoms with Gasteiger partial charge in [0, 0.05) is 12.6 Å². The second kappa shape index (κ2) is 4.34. The zero-order valence-electron chi connectivity index (χ0n) is 8.30. The van der Waals surface area contributed by atoms with Gasteiger partial charge < -0.3 is 14.6 Å². The van der Waals surface area contributed by atoms with Crippen LogP contribution in [0.4, 0.5) is 0 Å². The number of hydrogen-bond donors (Lipinski definition) is 1. The van der Waals surface area contributed by atoms with E-state index in [0.717, 1.165) is 6.54 Å². The van der Waals surface area contributed by atoms with Crippen LogP contribution < -0.4 is 0 Å². The molecule has 74 valence electrons. The lowest BCUT2D eigenvalue weighted by molar-refractivity contribution is 0.253. The predicted octanol–water partition coefficient (Wildman–Crippen LogP) is -0.107. The summed E-state index contributed by atoms with van der Waals surface area (Å²) in [5.74, 6) is 0.620. The van der Waals surface area contributed by atoms with Gasteiger partial charge >= 0.3 is 0 Å². The zero-order valence-corrected chi connectivity index (χ0v) is 8.30. The molecule has 1 aromatic heterocycles. The molecule has 1 N–H and O–H groups in total. The SMILES string of the molecule is CC(CN(C)C)n1cnnc1CO. The summed E-state index contributed by atoms with van der Waals surface area (Å²) in [5.41, 5.74) is 0. The molecule has 0 aliphatic heterocycles. The van der Waals surface area contributed by atoms with Crippen molar-refractivity contribution in [1.29, 1.82) is 0 Å². The zero-order chi connectivity index (χ0) is 9.84. The number of aliphatic hydroxyl groups is 1. The van der Waals surface area contributed by atoms with E-state index in [1.54, 1.807) is 6.33 Å².